The first kappa shape index (κ1) is 21.2. The van der Waals surface area contributed by atoms with Crippen LogP contribution in [0.15, 0.2) is 58.5 Å². The Hall–Kier alpha value is -3.66. The van der Waals surface area contributed by atoms with Gasteiger partial charge in [0.15, 0.2) is 0 Å². The molecular formula is C26H27N5O2. The number of anilines is 1. The highest BCUT2D eigenvalue weighted by Gasteiger charge is 2.27. The number of pyridine rings is 2. The Bertz CT molecular complexity index is 1280. The molecule has 0 radical (unpaired) electrons. The van der Waals surface area contributed by atoms with Crippen LogP contribution in [0.2, 0.25) is 0 Å². The first-order chi connectivity index (χ1) is 16.1. The largest absolute Gasteiger partial charge is 0.395 e. The Morgan fingerprint density at radius 1 is 1.15 bits per heavy atom. The van der Waals surface area contributed by atoms with Crippen LogP contribution in [0.3, 0.4) is 0 Å². The van der Waals surface area contributed by atoms with Crippen molar-refractivity contribution in [3.8, 4) is 6.07 Å². The molecule has 1 aliphatic heterocycles. The maximum atomic E-state index is 12.6. The van der Waals surface area contributed by atoms with Crippen LogP contribution in [0.1, 0.15) is 36.9 Å². The van der Waals surface area contributed by atoms with Crippen LogP contribution in [-0.4, -0.2) is 35.0 Å². The van der Waals surface area contributed by atoms with E-state index in [1.165, 1.54) is 12.8 Å². The molecule has 33 heavy (non-hydrogen) atoms. The summed E-state index contributed by atoms with van der Waals surface area (Å²) in [6.45, 7) is 2.25. The highest BCUT2D eigenvalue weighted by molar-refractivity contribution is 6.02. The monoisotopic (exact) mass is 441 g/mol. The summed E-state index contributed by atoms with van der Waals surface area (Å²) in [5, 5.41) is 13.9. The normalized spacial score (nSPS) is 17.2. The third kappa shape index (κ3) is 4.47. The molecule has 0 N–H and O–H groups in total. The number of fused-ring (bicyclic) bond motifs is 1. The number of hydrogen-bond acceptors (Lipinski definition) is 6. The average Bonchev–Trinajstić information content (AvgIpc) is 3.69. The molecule has 0 spiro atoms. The van der Waals surface area contributed by atoms with Gasteiger partial charge in [-0.2, -0.15) is 5.26 Å². The van der Waals surface area contributed by atoms with Crippen molar-refractivity contribution in [1.29, 1.82) is 5.26 Å². The molecule has 0 amide bonds. The van der Waals surface area contributed by atoms with E-state index in [-0.39, 0.29) is 11.5 Å². The van der Waals surface area contributed by atoms with Gasteiger partial charge in [0, 0.05) is 32.1 Å². The van der Waals surface area contributed by atoms with E-state index in [1.807, 2.05) is 18.2 Å². The van der Waals surface area contributed by atoms with Gasteiger partial charge >= 0.3 is 0 Å². The number of aromatic nitrogens is 2. The highest BCUT2D eigenvalue weighted by atomic mass is 16.6. The van der Waals surface area contributed by atoms with Crippen LogP contribution in [0.4, 0.5) is 5.69 Å². The summed E-state index contributed by atoms with van der Waals surface area (Å²) in [7, 11) is 1.73. The maximum absolute atomic E-state index is 12.6. The van der Waals surface area contributed by atoms with Crippen LogP contribution in [0.5, 0.6) is 0 Å². The standard InChI is InChI=1S/C26H27N5O2/c1-30-22-10-9-21(16-27)28-26(22)23(15-24(30)32)31-13-11-20(12-14-31)25(19-5-3-2-4-6-19)29-33-17-18-7-8-18/h2-6,9-10,15,18,20H,7-8,11-14,17H2,1H3/b29-25+. The molecular weight excluding hydrogens is 414 g/mol. The zero-order chi connectivity index (χ0) is 22.8. The van der Waals surface area contributed by atoms with Crippen LogP contribution in [-0.2, 0) is 11.9 Å². The van der Waals surface area contributed by atoms with Crippen LogP contribution < -0.4 is 10.5 Å². The maximum Gasteiger partial charge on any atom is 0.252 e. The third-order valence-electron chi connectivity index (χ3n) is 6.65. The minimum absolute atomic E-state index is 0.0776. The summed E-state index contributed by atoms with van der Waals surface area (Å²) in [5.74, 6) is 0.940. The van der Waals surface area contributed by atoms with Crippen molar-refractivity contribution in [2.24, 2.45) is 24.0 Å². The quantitative estimate of drug-likeness (QED) is 0.429. The highest BCUT2D eigenvalue weighted by Crippen LogP contribution is 2.31. The van der Waals surface area contributed by atoms with Crippen LogP contribution in [0, 0.1) is 23.2 Å². The second-order valence-electron chi connectivity index (χ2n) is 8.95. The summed E-state index contributed by atoms with van der Waals surface area (Å²) >= 11 is 0. The Kier molecular flexibility index (Phi) is 5.82. The lowest BCUT2D eigenvalue weighted by atomic mass is 9.88. The van der Waals surface area contributed by atoms with E-state index in [0.717, 1.165) is 48.4 Å². The van der Waals surface area contributed by atoms with Gasteiger partial charge < -0.3 is 14.3 Å². The smallest absolute Gasteiger partial charge is 0.252 e. The summed E-state index contributed by atoms with van der Waals surface area (Å²) in [4.78, 5) is 25.1. The van der Waals surface area contributed by atoms with E-state index in [2.05, 4.69) is 33.2 Å². The molecule has 1 saturated heterocycles. The lowest BCUT2D eigenvalue weighted by Crippen LogP contribution is -2.37. The molecule has 7 heteroatoms. The van der Waals surface area contributed by atoms with Gasteiger partial charge in [-0.15, -0.1) is 0 Å². The van der Waals surface area contributed by atoms with Gasteiger partial charge in [0.25, 0.3) is 5.56 Å². The molecule has 0 unspecified atom stereocenters. The summed E-state index contributed by atoms with van der Waals surface area (Å²) < 4.78 is 1.58. The molecule has 2 aromatic heterocycles. The van der Waals surface area contributed by atoms with E-state index < -0.39 is 0 Å². The second-order valence-corrected chi connectivity index (χ2v) is 8.95. The van der Waals surface area contributed by atoms with Crippen LogP contribution >= 0.6 is 0 Å². The minimum atomic E-state index is -0.0776. The number of nitrogens with zero attached hydrogens (tertiary/aromatic N) is 5. The first-order valence-corrected chi connectivity index (χ1v) is 11.5. The number of aryl methyl sites for hydroxylation is 1. The minimum Gasteiger partial charge on any atom is -0.395 e. The van der Waals surface area contributed by atoms with Gasteiger partial charge in [0.2, 0.25) is 0 Å². The Labute approximate surface area is 192 Å². The zero-order valence-corrected chi connectivity index (χ0v) is 18.8. The Morgan fingerprint density at radius 2 is 1.91 bits per heavy atom. The molecule has 0 atom stereocenters. The van der Waals surface area contributed by atoms with Crippen molar-refractivity contribution in [3.05, 3.63) is 70.1 Å². The zero-order valence-electron chi connectivity index (χ0n) is 18.8. The van der Waals surface area contributed by atoms with E-state index >= 15 is 0 Å². The molecule has 2 fully saturated rings. The molecule has 0 bridgehead atoms. The molecule has 168 valence electrons. The number of rotatable bonds is 6. The average molecular weight is 442 g/mol. The predicted octanol–water partition coefficient (Wildman–Crippen LogP) is 3.85. The van der Waals surface area contributed by atoms with Crippen molar-refractivity contribution in [3.63, 3.8) is 0 Å². The van der Waals surface area contributed by atoms with E-state index in [4.69, 9.17) is 4.84 Å². The Balaban J connectivity index is 1.40. The fourth-order valence-corrected chi connectivity index (χ4v) is 4.48. The van der Waals surface area contributed by atoms with Crippen molar-refractivity contribution >= 4 is 22.4 Å². The third-order valence-corrected chi connectivity index (χ3v) is 6.65. The molecule has 7 nitrogen and oxygen atoms in total. The van der Waals surface area contributed by atoms with E-state index in [0.29, 0.717) is 23.7 Å². The lowest BCUT2D eigenvalue weighted by molar-refractivity contribution is 0.132. The molecule has 1 aromatic carbocycles. The topological polar surface area (TPSA) is 83.5 Å². The van der Waals surface area contributed by atoms with Crippen LogP contribution in [0.25, 0.3) is 11.0 Å². The van der Waals surface area contributed by atoms with Crippen molar-refractivity contribution in [1.82, 2.24) is 9.55 Å². The number of piperidine rings is 1. The molecule has 2 aliphatic rings. The number of hydrogen-bond donors (Lipinski definition) is 0. The Morgan fingerprint density at radius 3 is 2.61 bits per heavy atom. The molecule has 1 saturated carbocycles. The summed E-state index contributed by atoms with van der Waals surface area (Å²) in [6.07, 6.45) is 4.27. The van der Waals surface area contributed by atoms with Gasteiger partial charge in [-0.25, -0.2) is 4.98 Å². The van der Waals surface area contributed by atoms with Crippen molar-refractivity contribution in [2.75, 3.05) is 24.6 Å². The molecule has 5 rings (SSSR count). The van der Waals surface area contributed by atoms with E-state index in [9.17, 15) is 10.1 Å². The van der Waals surface area contributed by atoms with Gasteiger partial charge in [0.1, 0.15) is 23.9 Å². The number of oxime groups is 1. The van der Waals surface area contributed by atoms with Crippen molar-refractivity contribution in [2.45, 2.75) is 25.7 Å². The van der Waals surface area contributed by atoms with E-state index in [1.54, 1.807) is 29.8 Å². The second kappa shape index (κ2) is 9.07. The summed E-state index contributed by atoms with van der Waals surface area (Å²) in [5.41, 5.74) is 4.61. The number of nitriles is 1. The molecule has 1 aliphatic carbocycles. The first-order valence-electron chi connectivity index (χ1n) is 11.5. The number of benzene rings is 1. The summed E-state index contributed by atoms with van der Waals surface area (Å²) in [6, 6.07) is 17.5. The predicted molar refractivity (Wildman–Crippen MR) is 128 cm³/mol. The fraction of sp³-hybridized carbons (Fsp3) is 0.385. The lowest BCUT2D eigenvalue weighted by Gasteiger charge is -2.34. The van der Waals surface area contributed by atoms with Gasteiger partial charge in [-0.05, 0) is 49.3 Å². The van der Waals surface area contributed by atoms with Gasteiger partial charge in [0.05, 0.1) is 16.9 Å². The van der Waals surface area contributed by atoms with Crippen molar-refractivity contribution < 1.29 is 4.84 Å². The fourth-order valence-electron chi connectivity index (χ4n) is 4.48. The molecule has 3 aromatic rings. The SMILES string of the molecule is Cn1c(=O)cc(N2CCC(/C(=N/OCC3CC3)c3ccccc3)CC2)c2nc(C#N)ccc21. The molecule has 3 heterocycles. The van der Waals surface area contributed by atoms with Gasteiger partial charge in [-0.3, -0.25) is 4.79 Å². The van der Waals surface area contributed by atoms with Gasteiger partial charge in [-0.1, -0.05) is 35.5 Å².